The number of fused-ring (bicyclic) bond motifs is 1. The summed E-state index contributed by atoms with van der Waals surface area (Å²) in [6.07, 6.45) is 3.68. The van der Waals surface area contributed by atoms with Crippen LogP contribution in [-0.2, 0) is 11.3 Å². The Labute approximate surface area is 214 Å². The summed E-state index contributed by atoms with van der Waals surface area (Å²) in [5.74, 6) is -0.715. The fourth-order valence-corrected chi connectivity index (χ4v) is 6.16. The maximum atomic E-state index is 14.2. The largest absolute Gasteiger partial charge is 0.366 e. The van der Waals surface area contributed by atoms with E-state index in [1.54, 1.807) is 6.08 Å². The maximum Gasteiger partial charge on any atom is 0.293 e. The Kier molecular flexibility index (Phi) is 7.05. The van der Waals surface area contributed by atoms with E-state index in [-0.39, 0.29) is 27.6 Å². The van der Waals surface area contributed by atoms with Gasteiger partial charge in [-0.2, -0.15) is 0 Å². The number of thioether (sulfide) groups is 1. The van der Waals surface area contributed by atoms with Crippen LogP contribution in [0.15, 0.2) is 35.2 Å². The van der Waals surface area contributed by atoms with Gasteiger partial charge in [0.05, 0.1) is 11.4 Å². The molecule has 0 aliphatic carbocycles. The zero-order valence-electron chi connectivity index (χ0n) is 19.6. The lowest BCUT2D eigenvalue weighted by Crippen LogP contribution is -2.48. The van der Waals surface area contributed by atoms with Crippen LogP contribution in [0.3, 0.4) is 0 Å². The summed E-state index contributed by atoms with van der Waals surface area (Å²) in [6.45, 7) is 9.58. The summed E-state index contributed by atoms with van der Waals surface area (Å²) in [4.78, 5) is 29.3. The quantitative estimate of drug-likeness (QED) is 0.376. The zero-order valence-corrected chi connectivity index (χ0v) is 22.0. The van der Waals surface area contributed by atoms with E-state index in [0.717, 1.165) is 41.7 Å². The molecular formula is C26H27Cl2FN2O2S. The summed E-state index contributed by atoms with van der Waals surface area (Å²) in [7, 11) is 0. The second kappa shape index (κ2) is 9.56. The third-order valence-electron chi connectivity index (χ3n) is 6.49. The molecule has 1 saturated heterocycles. The molecule has 2 heterocycles. The molecule has 2 aliphatic heterocycles. The van der Waals surface area contributed by atoms with Crippen LogP contribution in [0.2, 0.25) is 10.0 Å². The van der Waals surface area contributed by atoms with Crippen molar-refractivity contribution >= 4 is 57.9 Å². The minimum atomic E-state index is -0.554. The molecule has 2 aliphatic rings. The summed E-state index contributed by atoms with van der Waals surface area (Å²) in [6, 6.07) is 8.27. The molecular weight excluding hydrogens is 494 g/mol. The van der Waals surface area contributed by atoms with Gasteiger partial charge in [-0.3, -0.25) is 14.5 Å². The van der Waals surface area contributed by atoms with Crippen LogP contribution < -0.4 is 4.90 Å². The Balaban J connectivity index is 1.67. The van der Waals surface area contributed by atoms with Gasteiger partial charge in [0.1, 0.15) is 5.82 Å². The number of carbonyl (C=O) groups is 2. The molecule has 1 unspecified atom stereocenters. The molecule has 0 bridgehead atoms. The first-order valence-corrected chi connectivity index (χ1v) is 12.9. The van der Waals surface area contributed by atoms with Gasteiger partial charge < -0.3 is 4.90 Å². The standard InChI is InChI=1S/C26H27Cl2FN2O2S/c1-5-9-31-22-12-20(28)16(10-17(22)15(2)13-26(31,3)4)11-23-24(32)30(25(33)34-23)14-18-19(27)7-6-8-21(18)29/h6-8,10-12,15H,5,9,13-14H2,1-4H3/b23-11+. The van der Waals surface area contributed by atoms with E-state index in [2.05, 4.69) is 32.6 Å². The predicted octanol–water partition coefficient (Wildman–Crippen LogP) is 7.87. The van der Waals surface area contributed by atoms with Crippen molar-refractivity contribution < 1.29 is 14.0 Å². The molecule has 0 aromatic heterocycles. The van der Waals surface area contributed by atoms with Gasteiger partial charge in [-0.05, 0) is 85.8 Å². The van der Waals surface area contributed by atoms with Crippen LogP contribution in [0.4, 0.5) is 14.9 Å². The van der Waals surface area contributed by atoms with Gasteiger partial charge >= 0.3 is 0 Å². The molecule has 0 saturated carbocycles. The van der Waals surface area contributed by atoms with Crippen LogP contribution in [0, 0.1) is 5.82 Å². The highest BCUT2D eigenvalue weighted by atomic mass is 35.5. The second-order valence-electron chi connectivity index (χ2n) is 9.47. The lowest BCUT2D eigenvalue weighted by atomic mass is 9.79. The molecule has 4 nitrogen and oxygen atoms in total. The molecule has 1 fully saturated rings. The first-order chi connectivity index (χ1) is 16.0. The van der Waals surface area contributed by atoms with Crippen molar-refractivity contribution in [3.8, 4) is 0 Å². The summed E-state index contributed by atoms with van der Waals surface area (Å²) >= 11 is 13.6. The molecule has 1 atom stereocenters. The van der Waals surface area contributed by atoms with Crippen LogP contribution in [0.25, 0.3) is 6.08 Å². The Morgan fingerprint density at radius 3 is 2.62 bits per heavy atom. The summed E-state index contributed by atoms with van der Waals surface area (Å²) < 4.78 is 14.2. The Morgan fingerprint density at radius 1 is 1.21 bits per heavy atom. The molecule has 34 heavy (non-hydrogen) atoms. The average Bonchev–Trinajstić information content (AvgIpc) is 3.01. The third-order valence-corrected chi connectivity index (χ3v) is 8.08. The van der Waals surface area contributed by atoms with Crippen LogP contribution >= 0.6 is 35.0 Å². The van der Waals surface area contributed by atoms with Crippen molar-refractivity contribution in [3.05, 3.63) is 67.8 Å². The van der Waals surface area contributed by atoms with Crippen molar-refractivity contribution in [1.82, 2.24) is 4.90 Å². The average molecular weight is 521 g/mol. The third kappa shape index (κ3) is 4.60. The van der Waals surface area contributed by atoms with Gasteiger partial charge in [-0.15, -0.1) is 0 Å². The number of anilines is 1. The molecule has 180 valence electrons. The number of benzene rings is 2. The van der Waals surface area contributed by atoms with Crippen molar-refractivity contribution in [2.45, 2.75) is 58.5 Å². The van der Waals surface area contributed by atoms with E-state index < -0.39 is 17.0 Å². The normalized spacial score (nSPS) is 20.9. The lowest BCUT2D eigenvalue weighted by Gasteiger charge is -2.47. The van der Waals surface area contributed by atoms with Crippen molar-refractivity contribution in [1.29, 1.82) is 0 Å². The number of hydrogen-bond donors (Lipinski definition) is 0. The number of nitrogens with zero attached hydrogens (tertiary/aromatic N) is 2. The molecule has 2 amide bonds. The second-order valence-corrected chi connectivity index (χ2v) is 11.3. The number of amides is 2. The minimum absolute atomic E-state index is 0.0178. The number of rotatable bonds is 5. The number of halogens is 3. The number of carbonyl (C=O) groups excluding carboxylic acids is 2. The van der Waals surface area contributed by atoms with E-state index >= 15 is 0 Å². The SMILES string of the molecule is CCCN1c2cc(Cl)c(/C=C3/SC(=O)N(Cc4c(F)cccc4Cl)C3=O)cc2C(C)CC1(C)C. The van der Waals surface area contributed by atoms with E-state index in [1.165, 1.54) is 23.8 Å². The number of hydrogen-bond acceptors (Lipinski definition) is 4. The van der Waals surface area contributed by atoms with E-state index in [0.29, 0.717) is 16.5 Å². The lowest BCUT2D eigenvalue weighted by molar-refractivity contribution is -0.123. The topological polar surface area (TPSA) is 40.6 Å². The Bertz CT molecular complexity index is 1180. The molecule has 4 rings (SSSR count). The van der Waals surface area contributed by atoms with Gasteiger partial charge in [-0.1, -0.05) is 43.1 Å². The molecule has 0 N–H and O–H groups in total. The number of imide groups is 1. The maximum absolute atomic E-state index is 14.2. The molecule has 8 heteroatoms. The van der Waals surface area contributed by atoms with Gasteiger partial charge in [0.25, 0.3) is 11.1 Å². The monoisotopic (exact) mass is 520 g/mol. The smallest absolute Gasteiger partial charge is 0.293 e. The van der Waals surface area contributed by atoms with Gasteiger partial charge in [0, 0.05) is 33.4 Å². The zero-order chi connectivity index (χ0) is 24.8. The van der Waals surface area contributed by atoms with Crippen LogP contribution in [0.1, 0.15) is 63.1 Å². The summed E-state index contributed by atoms with van der Waals surface area (Å²) in [5.41, 5.74) is 3.13. The van der Waals surface area contributed by atoms with Crippen molar-refractivity contribution in [2.24, 2.45) is 0 Å². The summed E-state index contributed by atoms with van der Waals surface area (Å²) in [5, 5.41) is 0.233. The van der Waals surface area contributed by atoms with E-state index in [4.69, 9.17) is 23.2 Å². The highest BCUT2D eigenvalue weighted by Gasteiger charge is 2.38. The molecule has 0 radical (unpaired) electrons. The van der Waals surface area contributed by atoms with Crippen molar-refractivity contribution in [3.63, 3.8) is 0 Å². The fraction of sp³-hybridized carbons (Fsp3) is 0.385. The van der Waals surface area contributed by atoms with E-state index in [9.17, 15) is 14.0 Å². The minimum Gasteiger partial charge on any atom is -0.366 e. The highest BCUT2D eigenvalue weighted by molar-refractivity contribution is 8.18. The first-order valence-electron chi connectivity index (χ1n) is 11.3. The Morgan fingerprint density at radius 2 is 1.94 bits per heavy atom. The van der Waals surface area contributed by atoms with E-state index in [1.807, 2.05) is 12.1 Å². The molecule has 0 spiro atoms. The van der Waals surface area contributed by atoms with Crippen molar-refractivity contribution in [2.75, 3.05) is 11.4 Å². The van der Waals surface area contributed by atoms with Crippen LogP contribution in [-0.4, -0.2) is 28.1 Å². The van der Waals surface area contributed by atoms with Crippen LogP contribution in [0.5, 0.6) is 0 Å². The fourth-order valence-electron chi connectivity index (χ4n) is 4.90. The predicted molar refractivity (Wildman–Crippen MR) is 139 cm³/mol. The highest BCUT2D eigenvalue weighted by Crippen LogP contribution is 2.46. The van der Waals surface area contributed by atoms with Gasteiger partial charge in [0.15, 0.2) is 0 Å². The molecule has 2 aromatic carbocycles. The Hall–Kier alpha value is -2.02. The first kappa shape index (κ1) is 25.1. The molecule has 2 aromatic rings. The van der Waals surface area contributed by atoms with Gasteiger partial charge in [0.2, 0.25) is 0 Å². The van der Waals surface area contributed by atoms with Gasteiger partial charge in [-0.25, -0.2) is 4.39 Å².